The molecule has 1 heterocycles. The Bertz CT molecular complexity index is 1080. The summed E-state index contributed by atoms with van der Waals surface area (Å²) in [6.07, 6.45) is 3.78. The van der Waals surface area contributed by atoms with E-state index in [1.54, 1.807) is 12.1 Å². The maximum Gasteiger partial charge on any atom is 0.457 e. The molecule has 0 spiro atoms. The van der Waals surface area contributed by atoms with Crippen LogP contribution >= 0.6 is 11.6 Å². The van der Waals surface area contributed by atoms with Crippen molar-refractivity contribution in [2.45, 2.75) is 123 Å². The highest BCUT2D eigenvalue weighted by molar-refractivity contribution is 6.45. The monoisotopic (exact) mass is 575 g/mol. The highest BCUT2D eigenvalue weighted by Crippen LogP contribution is 2.53. The van der Waals surface area contributed by atoms with Crippen molar-refractivity contribution in [3.63, 3.8) is 0 Å². The van der Waals surface area contributed by atoms with Gasteiger partial charge in [-0.3, -0.25) is 14.4 Å². The minimum atomic E-state index is -1.17. The van der Waals surface area contributed by atoms with Crippen molar-refractivity contribution in [3.8, 4) is 0 Å². The van der Waals surface area contributed by atoms with Gasteiger partial charge < -0.3 is 25.7 Å². The summed E-state index contributed by atoms with van der Waals surface area (Å²) in [7, 11) is -0.325. The average Bonchev–Trinajstić information content (AvgIpc) is 2.98. The van der Waals surface area contributed by atoms with Crippen LogP contribution in [0.25, 0.3) is 0 Å². The van der Waals surface area contributed by atoms with Crippen LogP contribution in [-0.4, -0.2) is 47.1 Å². The van der Waals surface area contributed by atoms with Crippen LogP contribution in [0.5, 0.6) is 0 Å². The number of hydrogen-bond donors (Lipinski definition) is 3. The van der Waals surface area contributed by atoms with Crippen molar-refractivity contribution in [1.29, 1.82) is 0 Å². The number of hydrogen-bond acceptors (Lipinski definition) is 5. The second-order valence-corrected chi connectivity index (χ2v) is 14.3. The molecule has 1 unspecified atom stereocenters. The second kappa shape index (κ2) is 11.6. The number of halogens is 1. The van der Waals surface area contributed by atoms with Gasteiger partial charge in [-0.1, -0.05) is 36.6 Å². The van der Waals surface area contributed by atoms with Crippen molar-refractivity contribution in [3.05, 3.63) is 34.9 Å². The largest absolute Gasteiger partial charge is 0.457 e. The van der Waals surface area contributed by atoms with Gasteiger partial charge in [-0.2, -0.15) is 0 Å². The zero-order valence-electron chi connectivity index (χ0n) is 25.4. The molecule has 2 aliphatic rings. The molecule has 222 valence electrons. The number of nitrogens with one attached hydrogen (secondary N) is 2. The van der Waals surface area contributed by atoms with Gasteiger partial charge in [0.25, 0.3) is 0 Å². The fourth-order valence-electron chi connectivity index (χ4n) is 5.95. The highest BCUT2D eigenvalue weighted by Gasteiger charge is 2.59. The highest BCUT2D eigenvalue weighted by atomic mass is 35.5. The first-order chi connectivity index (χ1) is 18.3. The van der Waals surface area contributed by atoms with Crippen molar-refractivity contribution >= 4 is 36.4 Å². The van der Waals surface area contributed by atoms with E-state index in [9.17, 15) is 14.4 Å². The summed E-state index contributed by atoms with van der Waals surface area (Å²) in [4.78, 5) is 39.2. The molecular weight excluding hydrogens is 529 g/mol. The quantitative estimate of drug-likeness (QED) is 0.258. The number of amides is 3. The first-order valence-electron chi connectivity index (χ1n) is 14.3. The summed E-state index contributed by atoms with van der Waals surface area (Å²) in [6.45, 7) is 15.3. The zero-order valence-corrected chi connectivity index (χ0v) is 26.2. The molecule has 1 saturated heterocycles. The molecule has 0 bridgehead atoms. The lowest BCUT2D eigenvalue weighted by Crippen LogP contribution is -2.69. The third-order valence-corrected chi connectivity index (χ3v) is 9.06. The Labute approximate surface area is 245 Å². The zero-order chi connectivity index (χ0) is 30.1. The number of benzene rings is 1. The van der Waals surface area contributed by atoms with Gasteiger partial charge in [-0.05, 0) is 104 Å². The number of carbonyl (C=O) groups is 3. The van der Waals surface area contributed by atoms with Crippen molar-refractivity contribution in [2.75, 3.05) is 0 Å². The predicted molar refractivity (Wildman–Crippen MR) is 159 cm³/mol. The number of nitrogens with two attached hydrogens (primary N) is 1. The Morgan fingerprint density at radius 2 is 1.55 bits per heavy atom. The van der Waals surface area contributed by atoms with E-state index in [-0.39, 0.29) is 24.9 Å². The van der Waals surface area contributed by atoms with Crippen molar-refractivity contribution in [2.24, 2.45) is 17.1 Å². The maximum absolute atomic E-state index is 13.9. The van der Waals surface area contributed by atoms with E-state index < -0.39 is 33.6 Å². The van der Waals surface area contributed by atoms with Gasteiger partial charge in [0.05, 0.1) is 16.6 Å². The molecular formula is C30H47BClN3O5. The molecule has 1 saturated carbocycles. The SMILES string of the molecule is CC(=O)NC(CCCCB1OC(C)(C)C(C)(C)O1)(C(=O)NC(C)(C)C)C1CC(Cc2ccc(Cl)cc2)(C(N)=O)C1. The van der Waals surface area contributed by atoms with E-state index in [4.69, 9.17) is 26.6 Å². The van der Waals surface area contributed by atoms with Crippen LogP contribution in [0, 0.1) is 11.3 Å². The van der Waals surface area contributed by atoms with Gasteiger partial charge in [0.15, 0.2) is 0 Å². The Kier molecular flexibility index (Phi) is 9.44. The first kappa shape index (κ1) is 32.4. The van der Waals surface area contributed by atoms with Crippen LogP contribution in [-0.2, 0) is 30.1 Å². The van der Waals surface area contributed by atoms with Crippen LogP contribution in [0.2, 0.25) is 11.3 Å². The van der Waals surface area contributed by atoms with E-state index in [1.807, 2.05) is 60.6 Å². The molecule has 3 rings (SSSR count). The molecule has 1 aromatic carbocycles. The third kappa shape index (κ3) is 7.21. The fraction of sp³-hybridized carbons (Fsp3) is 0.700. The van der Waals surface area contributed by atoms with Crippen LogP contribution in [0.4, 0.5) is 0 Å². The number of unbranched alkanes of at least 4 members (excludes halogenated alkanes) is 1. The number of rotatable bonds is 11. The first-order valence-corrected chi connectivity index (χ1v) is 14.7. The maximum atomic E-state index is 13.9. The summed E-state index contributed by atoms with van der Waals surface area (Å²) < 4.78 is 12.3. The molecule has 0 aromatic heterocycles. The molecule has 40 heavy (non-hydrogen) atoms. The summed E-state index contributed by atoms with van der Waals surface area (Å²) in [5, 5.41) is 6.75. The normalized spacial score (nSPS) is 25.0. The van der Waals surface area contributed by atoms with Crippen LogP contribution in [0.15, 0.2) is 24.3 Å². The lowest BCUT2D eigenvalue weighted by molar-refractivity contribution is -0.150. The Hall–Kier alpha value is -2.10. The van der Waals surface area contributed by atoms with Crippen LogP contribution in [0.3, 0.4) is 0 Å². The fourth-order valence-corrected chi connectivity index (χ4v) is 6.07. The molecule has 3 amide bonds. The van der Waals surface area contributed by atoms with Crippen molar-refractivity contribution < 1.29 is 23.7 Å². The number of primary amides is 1. The smallest absolute Gasteiger partial charge is 0.403 e. The van der Waals surface area contributed by atoms with Crippen LogP contribution < -0.4 is 16.4 Å². The summed E-state index contributed by atoms with van der Waals surface area (Å²) in [5.41, 5.74) is 3.62. The molecule has 0 radical (unpaired) electrons. The Morgan fingerprint density at radius 1 is 1.00 bits per heavy atom. The summed E-state index contributed by atoms with van der Waals surface area (Å²) in [6, 6.07) is 7.37. The minimum Gasteiger partial charge on any atom is -0.403 e. The van der Waals surface area contributed by atoms with Gasteiger partial charge in [-0.15, -0.1) is 0 Å². The lowest BCUT2D eigenvalue weighted by Gasteiger charge is -2.54. The summed E-state index contributed by atoms with van der Waals surface area (Å²) in [5.74, 6) is -1.17. The van der Waals surface area contributed by atoms with Gasteiger partial charge in [0.2, 0.25) is 17.7 Å². The van der Waals surface area contributed by atoms with Gasteiger partial charge in [0, 0.05) is 17.5 Å². The van der Waals surface area contributed by atoms with E-state index in [0.717, 1.165) is 12.0 Å². The lowest BCUT2D eigenvalue weighted by atomic mass is 9.52. The van der Waals surface area contributed by atoms with E-state index in [2.05, 4.69) is 10.6 Å². The van der Waals surface area contributed by atoms with Gasteiger partial charge in [0.1, 0.15) is 5.54 Å². The minimum absolute atomic E-state index is 0.236. The predicted octanol–water partition coefficient (Wildman–Crippen LogP) is 4.82. The average molecular weight is 576 g/mol. The van der Waals surface area contributed by atoms with E-state index >= 15 is 0 Å². The topological polar surface area (TPSA) is 120 Å². The van der Waals surface area contributed by atoms with E-state index in [0.29, 0.717) is 43.4 Å². The summed E-state index contributed by atoms with van der Waals surface area (Å²) >= 11 is 6.05. The van der Waals surface area contributed by atoms with Crippen LogP contribution in [0.1, 0.15) is 93.1 Å². The van der Waals surface area contributed by atoms with Gasteiger partial charge in [-0.25, -0.2) is 0 Å². The number of carbonyl (C=O) groups excluding carboxylic acids is 3. The molecule has 1 aliphatic carbocycles. The second-order valence-electron chi connectivity index (χ2n) is 13.8. The standard InChI is InChI=1S/C30H47BClN3O5/c1-20(36)34-30(25(38)35-26(2,3)4,15-9-10-16-31-39-27(5,6)28(7,8)40-31)22-18-29(19-22,24(33)37)17-21-11-13-23(32)14-12-21/h11-14,22H,9-10,15-19H2,1-8H3,(H2,33,37)(H,34,36)(H,35,38). The van der Waals surface area contributed by atoms with Gasteiger partial charge >= 0.3 is 7.12 Å². The Morgan fingerprint density at radius 3 is 2.02 bits per heavy atom. The van der Waals surface area contributed by atoms with Crippen molar-refractivity contribution in [1.82, 2.24) is 10.6 Å². The molecule has 8 nitrogen and oxygen atoms in total. The Balaban J connectivity index is 1.80. The molecule has 1 aliphatic heterocycles. The third-order valence-electron chi connectivity index (χ3n) is 8.81. The molecule has 2 fully saturated rings. The molecule has 1 aromatic rings. The molecule has 4 N–H and O–H groups in total. The molecule has 1 atom stereocenters. The van der Waals surface area contributed by atoms with E-state index in [1.165, 1.54) is 6.92 Å². The molecule has 10 heteroatoms.